The van der Waals surface area contributed by atoms with Gasteiger partial charge in [0.2, 0.25) is 0 Å². The second-order valence-corrected chi connectivity index (χ2v) is 5.99. The SMILES string of the molecule is Cc1ccn(-c2cc(NCCNC(=O)c3cc4ccccc4o3)ncn2)n1. The van der Waals surface area contributed by atoms with E-state index in [1.165, 1.54) is 6.33 Å². The largest absolute Gasteiger partial charge is 0.451 e. The Morgan fingerprint density at radius 2 is 2.04 bits per heavy atom. The minimum absolute atomic E-state index is 0.247. The number of fused-ring (bicyclic) bond motifs is 1. The van der Waals surface area contributed by atoms with Crippen molar-refractivity contribution < 1.29 is 9.21 Å². The highest BCUT2D eigenvalue weighted by atomic mass is 16.3. The lowest BCUT2D eigenvalue weighted by atomic mass is 10.2. The van der Waals surface area contributed by atoms with Crippen LogP contribution >= 0.6 is 0 Å². The molecule has 27 heavy (non-hydrogen) atoms. The second-order valence-electron chi connectivity index (χ2n) is 5.99. The average Bonchev–Trinajstić information content (AvgIpc) is 3.31. The summed E-state index contributed by atoms with van der Waals surface area (Å²) < 4.78 is 7.24. The van der Waals surface area contributed by atoms with Gasteiger partial charge in [0, 0.05) is 30.7 Å². The van der Waals surface area contributed by atoms with Crippen molar-refractivity contribution in [3.63, 3.8) is 0 Å². The Labute approximate surface area is 155 Å². The third-order valence-electron chi connectivity index (χ3n) is 3.98. The number of aryl methyl sites for hydroxylation is 1. The first kappa shape index (κ1) is 16.8. The van der Waals surface area contributed by atoms with Gasteiger partial charge in [-0.1, -0.05) is 18.2 Å². The zero-order chi connectivity index (χ0) is 18.6. The number of aromatic nitrogens is 4. The van der Waals surface area contributed by atoms with Crippen molar-refractivity contribution in [2.24, 2.45) is 0 Å². The van der Waals surface area contributed by atoms with Crippen LogP contribution in [-0.4, -0.2) is 38.7 Å². The molecule has 0 bridgehead atoms. The first-order chi connectivity index (χ1) is 13.2. The second kappa shape index (κ2) is 7.28. The molecule has 1 aromatic carbocycles. The van der Waals surface area contributed by atoms with Gasteiger partial charge in [-0.25, -0.2) is 14.6 Å². The van der Waals surface area contributed by atoms with Crippen LogP contribution < -0.4 is 10.6 Å². The molecule has 0 atom stereocenters. The van der Waals surface area contributed by atoms with Crippen LogP contribution in [0.1, 0.15) is 16.2 Å². The van der Waals surface area contributed by atoms with Crippen molar-refractivity contribution in [2.45, 2.75) is 6.92 Å². The Hall–Kier alpha value is -3.68. The molecule has 0 fully saturated rings. The number of rotatable bonds is 6. The predicted molar refractivity (Wildman–Crippen MR) is 101 cm³/mol. The summed E-state index contributed by atoms with van der Waals surface area (Å²) in [6, 6.07) is 13.0. The Morgan fingerprint density at radius 1 is 1.15 bits per heavy atom. The standard InChI is InChI=1S/C19H18N6O2/c1-13-6-9-25(24-13)18-11-17(22-12-23-18)20-7-8-21-19(26)16-10-14-4-2-3-5-15(14)27-16/h2-6,9-12H,7-8H2,1H3,(H,21,26)(H,20,22,23). The van der Waals surface area contributed by atoms with E-state index in [2.05, 4.69) is 25.7 Å². The van der Waals surface area contributed by atoms with E-state index in [4.69, 9.17) is 4.42 Å². The van der Waals surface area contributed by atoms with E-state index in [0.717, 1.165) is 11.1 Å². The Morgan fingerprint density at radius 3 is 2.85 bits per heavy atom. The highest BCUT2D eigenvalue weighted by molar-refractivity contribution is 5.96. The fourth-order valence-electron chi connectivity index (χ4n) is 2.66. The molecule has 3 aromatic heterocycles. The molecule has 8 heteroatoms. The number of benzene rings is 1. The Kier molecular flexibility index (Phi) is 4.52. The van der Waals surface area contributed by atoms with Crippen LogP contribution in [0.15, 0.2) is 59.4 Å². The van der Waals surface area contributed by atoms with Crippen LogP contribution in [0.2, 0.25) is 0 Å². The summed E-state index contributed by atoms with van der Waals surface area (Å²) in [5, 5.41) is 11.2. The lowest BCUT2D eigenvalue weighted by molar-refractivity contribution is 0.0929. The fourth-order valence-corrected chi connectivity index (χ4v) is 2.66. The van der Waals surface area contributed by atoms with Crippen molar-refractivity contribution in [3.05, 3.63) is 66.4 Å². The van der Waals surface area contributed by atoms with Crippen molar-refractivity contribution in [1.82, 2.24) is 25.1 Å². The fraction of sp³-hybridized carbons (Fsp3) is 0.158. The molecule has 4 aromatic rings. The maximum Gasteiger partial charge on any atom is 0.287 e. The zero-order valence-electron chi connectivity index (χ0n) is 14.7. The summed E-state index contributed by atoms with van der Waals surface area (Å²) in [6.07, 6.45) is 3.32. The van der Waals surface area contributed by atoms with E-state index in [-0.39, 0.29) is 5.91 Å². The van der Waals surface area contributed by atoms with Crippen molar-refractivity contribution in [1.29, 1.82) is 0 Å². The molecule has 3 heterocycles. The van der Waals surface area contributed by atoms with Gasteiger partial charge in [-0.05, 0) is 25.1 Å². The number of para-hydroxylation sites is 1. The van der Waals surface area contributed by atoms with Crippen LogP contribution in [0.3, 0.4) is 0 Å². The maximum absolute atomic E-state index is 12.2. The molecule has 0 spiro atoms. The van der Waals surface area contributed by atoms with Gasteiger partial charge in [-0.15, -0.1) is 0 Å². The Bertz CT molecular complexity index is 1050. The van der Waals surface area contributed by atoms with Crippen LogP contribution in [0.25, 0.3) is 16.8 Å². The first-order valence-corrected chi connectivity index (χ1v) is 8.54. The molecule has 0 unspecified atom stereocenters. The number of anilines is 1. The van der Waals surface area contributed by atoms with Crippen LogP contribution in [0, 0.1) is 6.92 Å². The van der Waals surface area contributed by atoms with E-state index in [1.54, 1.807) is 16.8 Å². The lowest BCUT2D eigenvalue weighted by Gasteiger charge is -2.07. The molecule has 2 N–H and O–H groups in total. The molecule has 0 aliphatic carbocycles. The van der Waals surface area contributed by atoms with Gasteiger partial charge in [-0.2, -0.15) is 5.10 Å². The van der Waals surface area contributed by atoms with Gasteiger partial charge in [0.25, 0.3) is 5.91 Å². The molecule has 0 aliphatic rings. The van der Waals surface area contributed by atoms with Gasteiger partial charge in [-0.3, -0.25) is 4.79 Å². The quantitative estimate of drug-likeness (QED) is 0.512. The van der Waals surface area contributed by atoms with Crippen molar-refractivity contribution in [3.8, 4) is 5.82 Å². The monoisotopic (exact) mass is 362 g/mol. The number of nitrogens with one attached hydrogen (secondary N) is 2. The van der Waals surface area contributed by atoms with E-state index in [9.17, 15) is 4.79 Å². The topological polar surface area (TPSA) is 97.9 Å². The summed E-state index contributed by atoms with van der Waals surface area (Å²) in [5.74, 6) is 1.39. The summed E-state index contributed by atoms with van der Waals surface area (Å²) in [4.78, 5) is 20.6. The molecule has 0 saturated carbocycles. The minimum Gasteiger partial charge on any atom is -0.451 e. The summed E-state index contributed by atoms with van der Waals surface area (Å²) in [5.41, 5.74) is 1.61. The number of furan rings is 1. The third kappa shape index (κ3) is 3.79. The number of carbonyl (C=O) groups excluding carboxylic acids is 1. The van der Waals surface area contributed by atoms with E-state index in [0.29, 0.717) is 36.1 Å². The molecule has 0 radical (unpaired) electrons. The smallest absolute Gasteiger partial charge is 0.287 e. The van der Waals surface area contributed by atoms with Gasteiger partial charge < -0.3 is 15.1 Å². The lowest BCUT2D eigenvalue weighted by Crippen LogP contribution is -2.28. The van der Waals surface area contributed by atoms with Crippen LogP contribution in [-0.2, 0) is 0 Å². The van der Waals surface area contributed by atoms with Gasteiger partial charge >= 0.3 is 0 Å². The highest BCUT2D eigenvalue weighted by Crippen LogP contribution is 2.18. The van der Waals surface area contributed by atoms with Gasteiger partial charge in [0.15, 0.2) is 11.6 Å². The highest BCUT2D eigenvalue weighted by Gasteiger charge is 2.11. The number of hydrogen-bond donors (Lipinski definition) is 2. The van der Waals surface area contributed by atoms with E-state index in [1.807, 2.05) is 43.5 Å². The Balaban J connectivity index is 1.31. The van der Waals surface area contributed by atoms with Crippen molar-refractivity contribution >= 4 is 22.7 Å². The number of carbonyl (C=O) groups is 1. The normalized spacial score (nSPS) is 10.9. The molecular formula is C19H18N6O2. The average molecular weight is 362 g/mol. The summed E-state index contributed by atoms with van der Waals surface area (Å²) >= 11 is 0. The van der Waals surface area contributed by atoms with Crippen LogP contribution in [0.5, 0.6) is 0 Å². The number of nitrogens with zero attached hydrogens (tertiary/aromatic N) is 4. The first-order valence-electron chi connectivity index (χ1n) is 8.54. The van der Waals surface area contributed by atoms with Gasteiger partial charge in [0.1, 0.15) is 17.7 Å². The number of amides is 1. The van der Waals surface area contributed by atoms with Crippen LogP contribution in [0.4, 0.5) is 5.82 Å². The molecule has 1 amide bonds. The maximum atomic E-state index is 12.2. The predicted octanol–water partition coefficient (Wildman–Crippen LogP) is 2.56. The van der Waals surface area contributed by atoms with E-state index < -0.39 is 0 Å². The third-order valence-corrected chi connectivity index (χ3v) is 3.98. The molecule has 4 rings (SSSR count). The van der Waals surface area contributed by atoms with E-state index >= 15 is 0 Å². The molecule has 0 aliphatic heterocycles. The number of hydrogen-bond acceptors (Lipinski definition) is 6. The summed E-state index contributed by atoms with van der Waals surface area (Å²) in [7, 11) is 0. The molecule has 0 saturated heterocycles. The van der Waals surface area contributed by atoms with Gasteiger partial charge in [0.05, 0.1) is 5.69 Å². The molecule has 136 valence electrons. The molecular weight excluding hydrogens is 344 g/mol. The molecule has 8 nitrogen and oxygen atoms in total. The van der Waals surface area contributed by atoms with Crippen molar-refractivity contribution in [2.75, 3.05) is 18.4 Å². The minimum atomic E-state index is -0.247. The zero-order valence-corrected chi connectivity index (χ0v) is 14.7. The summed E-state index contributed by atoms with van der Waals surface area (Å²) in [6.45, 7) is 2.86.